The molecule has 0 unspecified atom stereocenters. The highest BCUT2D eigenvalue weighted by atomic mass is 16.2. The minimum atomic E-state index is 0.141. The minimum Gasteiger partial charge on any atom is -0.335 e. The molecule has 0 spiro atoms. The molecule has 0 bridgehead atoms. The SMILES string of the molecule is CN1CCC(N(CCc2ccccc2)C(=O)c2cccc3cnccc23)CC1. The number of aromatic nitrogens is 1. The van der Waals surface area contributed by atoms with Crippen LogP contribution in [0.4, 0.5) is 0 Å². The van der Waals surface area contributed by atoms with Gasteiger partial charge >= 0.3 is 0 Å². The van der Waals surface area contributed by atoms with Crippen LogP contribution < -0.4 is 0 Å². The molecule has 4 heteroatoms. The van der Waals surface area contributed by atoms with Crippen molar-refractivity contribution in [3.8, 4) is 0 Å². The Bertz CT molecular complexity index is 927. The molecule has 0 saturated carbocycles. The summed E-state index contributed by atoms with van der Waals surface area (Å²) < 4.78 is 0. The van der Waals surface area contributed by atoms with E-state index < -0.39 is 0 Å². The molecule has 0 atom stereocenters. The van der Waals surface area contributed by atoms with Crippen molar-refractivity contribution in [2.45, 2.75) is 25.3 Å². The van der Waals surface area contributed by atoms with Gasteiger partial charge < -0.3 is 9.80 Å². The van der Waals surface area contributed by atoms with E-state index in [1.165, 1.54) is 5.56 Å². The predicted octanol–water partition coefficient (Wildman–Crippen LogP) is 4.01. The number of pyridine rings is 1. The summed E-state index contributed by atoms with van der Waals surface area (Å²) in [4.78, 5) is 22.3. The number of carbonyl (C=O) groups excluding carboxylic acids is 1. The van der Waals surface area contributed by atoms with Crippen molar-refractivity contribution in [3.63, 3.8) is 0 Å². The molecule has 28 heavy (non-hydrogen) atoms. The summed E-state index contributed by atoms with van der Waals surface area (Å²) in [6.07, 6.45) is 6.54. The first-order valence-corrected chi connectivity index (χ1v) is 10.1. The molecule has 1 aliphatic rings. The zero-order valence-corrected chi connectivity index (χ0v) is 16.4. The van der Waals surface area contributed by atoms with Gasteiger partial charge in [-0.3, -0.25) is 9.78 Å². The van der Waals surface area contributed by atoms with Crippen molar-refractivity contribution in [3.05, 3.63) is 78.1 Å². The van der Waals surface area contributed by atoms with E-state index in [4.69, 9.17) is 0 Å². The van der Waals surface area contributed by atoms with Crippen LogP contribution in [-0.2, 0) is 6.42 Å². The van der Waals surface area contributed by atoms with Crippen LogP contribution in [0.5, 0.6) is 0 Å². The Labute approximate surface area is 166 Å². The third-order valence-corrected chi connectivity index (χ3v) is 5.79. The Morgan fingerprint density at radius 3 is 2.64 bits per heavy atom. The molecule has 0 radical (unpaired) electrons. The molecule has 2 aromatic carbocycles. The van der Waals surface area contributed by atoms with Crippen molar-refractivity contribution in [2.75, 3.05) is 26.7 Å². The fourth-order valence-electron chi connectivity index (χ4n) is 4.11. The third-order valence-electron chi connectivity index (χ3n) is 5.79. The molecule has 1 aliphatic heterocycles. The Kier molecular flexibility index (Phi) is 5.68. The highest BCUT2D eigenvalue weighted by Gasteiger charge is 2.28. The lowest BCUT2D eigenvalue weighted by Crippen LogP contribution is -2.47. The summed E-state index contributed by atoms with van der Waals surface area (Å²) in [5.74, 6) is 0.141. The van der Waals surface area contributed by atoms with E-state index >= 15 is 0 Å². The van der Waals surface area contributed by atoms with Crippen LogP contribution in [0.25, 0.3) is 10.8 Å². The summed E-state index contributed by atoms with van der Waals surface area (Å²) >= 11 is 0. The lowest BCUT2D eigenvalue weighted by atomic mass is 9.99. The first kappa shape index (κ1) is 18.6. The quantitative estimate of drug-likeness (QED) is 0.678. The molecule has 0 aliphatic carbocycles. The lowest BCUT2D eigenvalue weighted by Gasteiger charge is -2.37. The highest BCUT2D eigenvalue weighted by Crippen LogP contribution is 2.23. The van der Waals surface area contributed by atoms with E-state index in [9.17, 15) is 4.79 Å². The number of nitrogens with zero attached hydrogens (tertiary/aromatic N) is 3. The maximum atomic E-state index is 13.7. The van der Waals surface area contributed by atoms with E-state index in [1.807, 2.05) is 36.5 Å². The molecule has 3 aromatic rings. The van der Waals surface area contributed by atoms with Gasteiger partial charge in [0.25, 0.3) is 5.91 Å². The molecule has 1 amide bonds. The number of rotatable bonds is 5. The Morgan fingerprint density at radius 2 is 1.86 bits per heavy atom. The van der Waals surface area contributed by atoms with Gasteiger partial charge in [0.1, 0.15) is 0 Å². The van der Waals surface area contributed by atoms with E-state index in [1.54, 1.807) is 6.20 Å². The van der Waals surface area contributed by atoms with Gasteiger partial charge in [-0.25, -0.2) is 0 Å². The van der Waals surface area contributed by atoms with Crippen LogP contribution in [0.1, 0.15) is 28.8 Å². The van der Waals surface area contributed by atoms with Crippen molar-refractivity contribution in [1.29, 1.82) is 0 Å². The van der Waals surface area contributed by atoms with Crippen molar-refractivity contribution in [2.24, 2.45) is 0 Å². The largest absolute Gasteiger partial charge is 0.335 e. The number of fused-ring (bicyclic) bond motifs is 1. The molecule has 1 aromatic heterocycles. The van der Waals surface area contributed by atoms with E-state index in [-0.39, 0.29) is 5.91 Å². The van der Waals surface area contributed by atoms with E-state index in [0.29, 0.717) is 6.04 Å². The van der Waals surface area contributed by atoms with Crippen molar-refractivity contribution in [1.82, 2.24) is 14.8 Å². The zero-order valence-electron chi connectivity index (χ0n) is 16.4. The summed E-state index contributed by atoms with van der Waals surface area (Å²) in [5, 5.41) is 2.00. The third kappa shape index (κ3) is 4.07. The molecule has 4 nitrogen and oxygen atoms in total. The predicted molar refractivity (Wildman–Crippen MR) is 113 cm³/mol. The normalized spacial score (nSPS) is 15.6. The molecule has 2 heterocycles. The van der Waals surface area contributed by atoms with Crippen LogP contribution in [0.15, 0.2) is 67.0 Å². The molecule has 0 N–H and O–H groups in total. The molecule has 1 saturated heterocycles. The van der Waals surface area contributed by atoms with Crippen LogP contribution in [-0.4, -0.2) is 53.4 Å². The zero-order chi connectivity index (χ0) is 19.3. The van der Waals surface area contributed by atoms with Crippen LogP contribution in [0, 0.1) is 0 Å². The van der Waals surface area contributed by atoms with Gasteiger partial charge in [0, 0.05) is 35.9 Å². The van der Waals surface area contributed by atoms with Gasteiger partial charge in [0.05, 0.1) is 0 Å². The van der Waals surface area contributed by atoms with E-state index in [2.05, 4.69) is 46.1 Å². The van der Waals surface area contributed by atoms with Crippen molar-refractivity contribution < 1.29 is 4.79 Å². The molecular weight excluding hydrogens is 346 g/mol. The number of likely N-dealkylation sites (tertiary alicyclic amines) is 1. The first-order valence-electron chi connectivity index (χ1n) is 10.1. The summed E-state index contributed by atoms with van der Waals surface area (Å²) in [7, 11) is 2.16. The fraction of sp³-hybridized carbons (Fsp3) is 0.333. The van der Waals surface area contributed by atoms with Crippen LogP contribution in [0.3, 0.4) is 0 Å². The van der Waals surface area contributed by atoms with Crippen LogP contribution in [0.2, 0.25) is 0 Å². The smallest absolute Gasteiger partial charge is 0.254 e. The maximum Gasteiger partial charge on any atom is 0.254 e. The second-order valence-corrected chi connectivity index (χ2v) is 7.67. The topological polar surface area (TPSA) is 36.4 Å². The number of amides is 1. The van der Waals surface area contributed by atoms with Gasteiger partial charge in [-0.2, -0.15) is 0 Å². The summed E-state index contributed by atoms with van der Waals surface area (Å²) in [5.41, 5.74) is 2.06. The highest BCUT2D eigenvalue weighted by molar-refractivity contribution is 6.06. The van der Waals surface area contributed by atoms with Crippen LogP contribution >= 0.6 is 0 Å². The second kappa shape index (κ2) is 8.53. The molecular formula is C24H27N3O. The maximum absolute atomic E-state index is 13.7. The molecule has 1 fully saturated rings. The minimum absolute atomic E-state index is 0.141. The first-order chi connectivity index (χ1) is 13.7. The summed E-state index contributed by atoms with van der Waals surface area (Å²) in [6, 6.07) is 18.6. The fourth-order valence-corrected chi connectivity index (χ4v) is 4.11. The average molecular weight is 374 g/mol. The van der Waals surface area contributed by atoms with Gasteiger partial charge in [0.15, 0.2) is 0 Å². The number of benzene rings is 2. The van der Waals surface area contributed by atoms with Gasteiger partial charge in [-0.05, 0) is 62.5 Å². The average Bonchev–Trinajstić information content (AvgIpc) is 2.75. The Balaban J connectivity index is 1.62. The monoisotopic (exact) mass is 373 g/mol. The lowest BCUT2D eigenvalue weighted by molar-refractivity contribution is 0.0596. The summed E-state index contributed by atoms with van der Waals surface area (Å²) in [6.45, 7) is 2.83. The second-order valence-electron chi connectivity index (χ2n) is 7.67. The standard InChI is InChI=1S/C24H27N3O/c1-26-15-12-21(13-16-26)27(17-11-19-6-3-2-4-7-19)24(28)23-9-5-8-20-18-25-14-10-22(20)23/h2-10,14,18,21H,11-13,15-17H2,1H3. The molecule has 144 valence electrons. The number of carbonyl (C=O) groups is 1. The molecule has 4 rings (SSSR count). The number of hydrogen-bond donors (Lipinski definition) is 0. The Hall–Kier alpha value is -2.72. The van der Waals surface area contributed by atoms with Gasteiger partial charge in [0.2, 0.25) is 0 Å². The van der Waals surface area contributed by atoms with E-state index in [0.717, 1.165) is 55.2 Å². The number of hydrogen-bond acceptors (Lipinski definition) is 3. The number of piperidine rings is 1. The Morgan fingerprint density at radius 1 is 1.07 bits per heavy atom. The van der Waals surface area contributed by atoms with Crippen molar-refractivity contribution >= 4 is 16.7 Å². The van der Waals surface area contributed by atoms with Gasteiger partial charge in [-0.15, -0.1) is 0 Å². The van der Waals surface area contributed by atoms with Gasteiger partial charge in [-0.1, -0.05) is 42.5 Å².